The van der Waals surface area contributed by atoms with Gasteiger partial charge in [0, 0.05) is 6.20 Å². The Labute approximate surface area is 110 Å². The number of anilines is 1. The Kier molecular flexibility index (Phi) is 3.18. The maximum atomic E-state index is 4.29. The van der Waals surface area contributed by atoms with Gasteiger partial charge in [-0.25, -0.2) is 4.68 Å². The standard InChI is InChI=1S/C14H13N5/c1-2-7-14(19-10-9-17-18-19)13(6-1)16-11-12-5-3-4-8-15-12/h1-10,16H,11H2. The fraction of sp³-hybridized carbons (Fsp3) is 0.0714. The van der Waals surface area contributed by atoms with Crippen molar-refractivity contribution in [2.75, 3.05) is 5.32 Å². The van der Waals surface area contributed by atoms with E-state index in [-0.39, 0.29) is 0 Å². The lowest BCUT2D eigenvalue weighted by atomic mass is 10.2. The molecule has 1 aromatic carbocycles. The van der Waals surface area contributed by atoms with Crippen molar-refractivity contribution in [2.45, 2.75) is 6.54 Å². The molecule has 3 aromatic rings. The van der Waals surface area contributed by atoms with Crippen LogP contribution in [0.15, 0.2) is 61.1 Å². The third kappa shape index (κ3) is 2.60. The number of aromatic nitrogens is 4. The molecule has 2 heterocycles. The molecule has 0 fully saturated rings. The molecule has 0 amide bonds. The summed E-state index contributed by atoms with van der Waals surface area (Å²) in [5, 5.41) is 11.2. The quantitative estimate of drug-likeness (QED) is 0.773. The topological polar surface area (TPSA) is 55.6 Å². The van der Waals surface area contributed by atoms with Gasteiger partial charge in [-0.05, 0) is 24.3 Å². The molecule has 5 heteroatoms. The van der Waals surface area contributed by atoms with E-state index < -0.39 is 0 Å². The Hall–Kier alpha value is -2.69. The average molecular weight is 251 g/mol. The van der Waals surface area contributed by atoms with Crippen LogP contribution in [-0.4, -0.2) is 20.0 Å². The number of hydrogen-bond donors (Lipinski definition) is 1. The molecule has 0 aliphatic carbocycles. The summed E-state index contributed by atoms with van der Waals surface area (Å²) in [6.45, 7) is 0.673. The molecule has 1 N–H and O–H groups in total. The van der Waals surface area contributed by atoms with Crippen molar-refractivity contribution in [2.24, 2.45) is 0 Å². The van der Waals surface area contributed by atoms with Gasteiger partial charge in [-0.1, -0.05) is 23.4 Å². The normalized spacial score (nSPS) is 10.3. The zero-order valence-electron chi connectivity index (χ0n) is 10.3. The summed E-state index contributed by atoms with van der Waals surface area (Å²) in [4.78, 5) is 4.29. The van der Waals surface area contributed by atoms with Crippen LogP contribution in [0.1, 0.15) is 5.69 Å². The first-order valence-corrected chi connectivity index (χ1v) is 6.03. The van der Waals surface area contributed by atoms with Gasteiger partial charge in [0.25, 0.3) is 0 Å². The number of rotatable bonds is 4. The molecule has 5 nitrogen and oxygen atoms in total. The monoisotopic (exact) mass is 251 g/mol. The van der Waals surface area contributed by atoms with Crippen LogP contribution in [0.5, 0.6) is 0 Å². The van der Waals surface area contributed by atoms with E-state index in [0.29, 0.717) is 6.54 Å². The van der Waals surface area contributed by atoms with Crippen LogP contribution in [0, 0.1) is 0 Å². The number of hydrogen-bond acceptors (Lipinski definition) is 4. The molecule has 0 unspecified atom stereocenters. The smallest absolute Gasteiger partial charge is 0.0894 e. The summed E-state index contributed by atoms with van der Waals surface area (Å²) in [5.74, 6) is 0. The molecular formula is C14H13N5. The molecule has 19 heavy (non-hydrogen) atoms. The molecule has 2 aromatic heterocycles. The largest absolute Gasteiger partial charge is 0.378 e. The Morgan fingerprint density at radius 2 is 1.89 bits per heavy atom. The highest BCUT2D eigenvalue weighted by atomic mass is 15.4. The lowest BCUT2D eigenvalue weighted by molar-refractivity contribution is 0.803. The molecule has 0 radical (unpaired) electrons. The van der Waals surface area contributed by atoms with Gasteiger partial charge in [0.2, 0.25) is 0 Å². The van der Waals surface area contributed by atoms with E-state index in [4.69, 9.17) is 0 Å². The first-order valence-electron chi connectivity index (χ1n) is 6.03. The summed E-state index contributed by atoms with van der Waals surface area (Å²) in [6.07, 6.45) is 5.27. The van der Waals surface area contributed by atoms with E-state index in [9.17, 15) is 0 Å². The minimum absolute atomic E-state index is 0.673. The number of nitrogens with zero attached hydrogens (tertiary/aromatic N) is 4. The van der Waals surface area contributed by atoms with E-state index in [1.807, 2.05) is 48.7 Å². The van der Waals surface area contributed by atoms with Crippen LogP contribution in [0.25, 0.3) is 5.69 Å². The summed E-state index contributed by atoms with van der Waals surface area (Å²) in [6, 6.07) is 13.9. The lowest BCUT2D eigenvalue weighted by Crippen LogP contribution is -2.05. The molecule has 0 aliphatic heterocycles. The van der Waals surface area contributed by atoms with Crippen LogP contribution in [0.4, 0.5) is 5.69 Å². The van der Waals surface area contributed by atoms with E-state index in [2.05, 4.69) is 20.6 Å². The second kappa shape index (κ2) is 5.30. The van der Waals surface area contributed by atoms with Crippen LogP contribution < -0.4 is 5.32 Å². The van der Waals surface area contributed by atoms with Crippen molar-refractivity contribution in [3.05, 3.63) is 66.7 Å². The van der Waals surface area contributed by atoms with E-state index in [1.54, 1.807) is 17.1 Å². The summed E-state index contributed by atoms with van der Waals surface area (Å²) in [5.41, 5.74) is 2.96. The van der Waals surface area contributed by atoms with Gasteiger partial charge >= 0.3 is 0 Å². The zero-order chi connectivity index (χ0) is 12.9. The maximum absolute atomic E-state index is 4.29. The van der Waals surface area contributed by atoms with E-state index in [0.717, 1.165) is 17.1 Å². The van der Waals surface area contributed by atoms with E-state index in [1.165, 1.54) is 0 Å². The van der Waals surface area contributed by atoms with Gasteiger partial charge in [-0.15, -0.1) is 5.10 Å². The number of pyridine rings is 1. The van der Waals surface area contributed by atoms with Crippen molar-refractivity contribution in [3.63, 3.8) is 0 Å². The van der Waals surface area contributed by atoms with Crippen LogP contribution >= 0.6 is 0 Å². The minimum Gasteiger partial charge on any atom is -0.378 e. The number of nitrogens with one attached hydrogen (secondary N) is 1. The predicted octanol–water partition coefficient (Wildman–Crippen LogP) is 2.27. The first kappa shape index (κ1) is 11.4. The Balaban J connectivity index is 1.82. The highest BCUT2D eigenvalue weighted by Gasteiger charge is 2.04. The van der Waals surface area contributed by atoms with Crippen molar-refractivity contribution in [1.82, 2.24) is 20.0 Å². The molecule has 0 spiro atoms. The van der Waals surface area contributed by atoms with Gasteiger partial charge in [0.05, 0.1) is 36.0 Å². The number of para-hydroxylation sites is 2. The summed E-state index contributed by atoms with van der Waals surface area (Å²) >= 11 is 0. The van der Waals surface area contributed by atoms with Crippen molar-refractivity contribution in [3.8, 4) is 5.69 Å². The fourth-order valence-corrected chi connectivity index (χ4v) is 1.85. The zero-order valence-corrected chi connectivity index (χ0v) is 10.3. The Morgan fingerprint density at radius 1 is 1.00 bits per heavy atom. The molecular weight excluding hydrogens is 238 g/mol. The van der Waals surface area contributed by atoms with Gasteiger partial charge < -0.3 is 5.32 Å². The minimum atomic E-state index is 0.673. The molecule has 0 saturated carbocycles. The average Bonchev–Trinajstić information content (AvgIpc) is 3.01. The second-order valence-corrected chi connectivity index (χ2v) is 4.04. The fourth-order valence-electron chi connectivity index (χ4n) is 1.85. The van der Waals surface area contributed by atoms with Crippen molar-refractivity contribution < 1.29 is 0 Å². The predicted molar refractivity (Wildman–Crippen MR) is 72.9 cm³/mol. The maximum Gasteiger partial charge on any atom is 0.0894 e. The second-order valence-electron chi connectivity index (χ2n) is 4.04. The van der Waals surface area contributed by atoms with Crippen molar-refractivity contribution >= 4 is 5.69 Å². The van der Waals surface area contributed by atoms with Crippen LogP contribution in [-0.2, 0) is 6.54 Å². The van der Waals surface area contributed by atoms with Gasteiger partial charge in [-0.3, -0.25) is 4.98 Å². The Bertz CT molecular complexity index is 634. The summed E-state index contributed by atoms with van der Waals surface area (Å²) < 4.78 is 1.74. The number of benzene rings is 1. The highest BCUT2D eigenvalue weighted by Crippen LogP contribution is 2.19. The third-order valence-electron chi connectivity index (χ3n) is 2.76. The third-order valence-corrected chi connectivity index (χ3v) is 2.76. The summed E-state index contributed by atoms with van der Waals surface area (Å²) in [7, 11) is 0. The van der Waals surface area contributed by atoms with Gasteiger partial charge in [0.1, 0.15) is 0 Å². The van der Waals surface area contributed by atoms with Crippen molar-refractivity contribution in [1.29, 1.82) is 0 Å². The molecule has 0 bridgehead atoms. The SMILES string of the molecule is c1ccc(CNc2ccccc2-n2ccnn2)nc1. The molecule has 3 rings (SSSR count). The molecule has 0 atom stereocenters. The lowest BCUT2D eigenvalue weighted by Gasteiger charge is -2.11. The van der Waals surface area contributed by atoms with Gasteiger partial charge in [0.15, 0.2) is 0 Å². The first-order chi connectivity index (χ1) is 9.43. The molecule has 0 saturated heterocycles. The molecule has 0 aliphatic rings. The highest BCUT2D eigenvalue weighted by molar-refractivity contribution is 5.60. The van der Waals surface area contributed by atoms with Crippen LogP contribution in [0.2, 0.25) is 0 Å². The van der Waals surface area contributed by atoms with E-state index >= 15 is 0 Å². The van der Waals surface area contributed by atoms with Crippen LogP contribution in [0.3, 0.4) is 0 Å². The Morgan fingerprint density at radius 3 is 2.68 bits per heavy atom. The molecule has 94 valence electrons. The van der Waals surface area contributed by atoms with Gasteiger partial charge in [-0.2, -0.15) is 0 Å².